The Labute approximate surface area is 134 Å². The van der Waals surface area contributed by atoms with E-state index in [2.05, 4.69) is 39.9 Å². The van der Waals surface area contributed by atoms with Gasteiger partial charge in [-0.15, -0.1) is 0 Å². The third-order valence-electron chi connectivity index (χ3n) is 4.27. The third-order valence-corrected chi connectivity index (χ3v) is 4.64. The lowest BCUT2D eigenvalue weighted by Gasteiger charge is -2.31. The van der Waals surface area contributed by atoms with Gasteiger partial charge in [-0.1, -0.05) is 46.2 Å². The van der Waals surface area contributed by atoms with Crippen LogP contribution in [0.3, 0.4) is 0 Å². The van der Waals surface area contributed by atoms with E-state index in [0.717, 1.165) is 31.4 Å². The summed E-state index contributed by atoms with van der Waals surface area (Å²) >= 11 is 6.21. The normalized spacial score (nSPS) is 15.0. The highest BCUT2D eigenvalue weighted by molar-refractivity contribution is 6.31. The number of hydrogen-bond donors (Lipinski definition) is 1. The van der Waals surface area contributed by atoms with Gasteiger partial charge in [-0.25, -0.2) is 4.39 Å². The highest BCUT2D eigenvalue weighted by Crippen LogP contribution is 2.30. The quantitative estimate of drug-likeness (QED) is 0.704. The fraction of sp³-hybridized carbons (Fsp3) is 0.667. The molecule has 2 unspecified atom stereocenters. The molecule has 0 aromatic heterocycles. The molecule has 3 heteroatoms. The molecule has 1 N–H and O–H groups in total. The molecule has 120 valence electrons. The Bertz CT molecular complexity index is 439. The first kappa shape index (κ1) is 18.4. The summed E-state index contributed by atoms with van der Waals surface area (Å²) in [5, 5.41) is 4.24. The van der Waals surface area contributed by atoms with E-state index in [1.807, 2.05) is 0 Å². The first-order valence-corrected chi connectivity index (χ1v) is 8.29. The van der Waals surface area contributed by atoms with Crippen molar-refractivity contribution in [1.82, 2.24) is 5.32 Å². The summed E-state index contributed by atoms with van der Waals surface area (Å²) in [5.74, 6) is 0.367. The molecule has 0 heterocycles. The summed E-state index contributed by atoms with van der Waals surface area (Å²) in [6.07, 6.45) is 2.94. The number of halogens is 2. The molecule has 0 radical (unpaired) electrons. The average molecular weight is 314 g/mol. The van der Waals surface area contributed by atoms with Crippen LogP contribution in [0.4, 0.5) is 4.39 Å². The molecular formula is C18H29ClFN. The fourth-order valence-corrected chi connectivity index (χ4v) is 2.53. The molecule has 0 spiro atoms. The Morgan fingerprint density at radius 3 is 2.52 bits per heavy atom. The standard InChI is InChI=1S/C18H29ClFN/c1-6-9-21-16(10-13(2)18(3,4)5)12-14-11-15(20)7-8-17(14)19/h7-8,11,13,16,21H,6,9-10,12H2,1-5H3. The Balaban J connectivity index is 2.80. The zero-order valence-electron chi connectivity index (χ0n) is 14.0. The van der Waals surface area contributed by atoms with E-state index in [9.17, 15) is 4.39 Å². The summed E-state index contributed by atoms with van der Waals surface area (Å²) in [6, 6.07) is 4.96. The highest BCUT2D eigenvalue weighted by Gasteiger charge is 2.24. The van der Waals surface area contributed by atoms with Gasteiger partial charge in [0, 0.05) is 11.1 Å². The van der Waals surface area contributed by atoms with Crippen molar-refractivity contribution < 1.29 is 4.39 Å². The SMILES string of the molecule is CCCNC(Cc1cc(F)ccc1Cl)CC(C)C(C)(C)C. The van der Waals surface area contributed by atoms with E-state index < -0.39 is 0 Å². The van der Waals surface area contributed by atoms with Crippen LogP contribution in [0.2, 0.25) is 5.02 Å². The van der Waals surface area contributed by atoms with E-state index in [4.69, 9.17) is 11.6 Å². The molecule has 1 nitrogen and oxygen atoms in total. The molecule has 0 aliphatic carbocycles. The second-order valence-corrected chi connectivity index (χ2v) is 7.50. The van der Waals surface area contributed by atoms with Gasteiger partial charge in [0.05, 0.1) is 0 Å². The maximum absolute atomic E-state index is 13.4. The molecular weight excluding hydrogens is 285 g/mol. The molecule has 1 rings (SSSR count). The highest BCUT2D eigenvalue weighted by atomic mass is 35.5. The van der Waals surface area contributed by atoms with Crippen LogP contribution in [-0.2, 0) is 6.42 Å². The number of benzene rings is 1. The fourth-order valence-electron chi connectivity index (χ4n) is 2.33. The van der Waals surface area contributed by atoms with E-state index >= 15 is 0 Å². The first-order valence-electron chi connectivity index (χ1n) is 7.91. The van der Waals surface area contributed by atoms with Gasteiger partial charge in [0.1, 0.15) is 5.82 Å². The summed E-state index contributed by atoms with van der Waals surface area (Å²) < 4.78 is 13.4. The molecule has 0 saturated carbocycles. The van der Waals surface area contributed by atoms with Crippen molar-refractivity contribution in [2.75, 3.05) is 6.54 Å². The van der Waals surface area contributed by atoms with Gasteiger partial charge in [0.15, 0.2) is 0 Å². The van der Waals surface area contributed by atoms with Gasteiger partial charge in [-0.3, -0.25) is 0 Å². The molecule has 1 aromatic carbocycles. The molecule has 2 atom stereocenters. The molecule has 0 fully saturated rings. The Morgan fingerprint density at radius 1 is 1.29 bits per heavy atom. The lowest BCUT2D eigenvalue weighted by atomic mass is 9.78. The van der Waals surface area contributed by atoms with Crippen molar-refractivity contribution >= 4 is 11.6 Å². The van der Waals surface area contributed by atoms with Crippen molar-refractivity contribution in [3.8, 4) is 0 Å². The van der Waals surface area contributed by atoms with Gasteiger partial charge < -0.3 is 5.32 Å². The van der Waals surface area contributed by atoms with Crippen LogP contribution in [-0.4, -0.2) is 12.6 Å². The first-order chi connectivity index (χ1) is 9.74. The molecule has 0 saturated heterocycles. The summed E-state index contributed by atoms with van der Waals surface area (Å²) in [5.41, 5.74) is 1.17. The maximum Gasteiger partial charge on any atom is 0.123 e. The summed E-state index contributed by atoms with van der Waals surface area (Å²) in [7, 11) is 0. The number of hydrogen-bond acceptors (Lipinski definition) is 1. The Kier molecular flexibility index (Phi) is 7.15. The second kappa shape index (κ2) is 8.14. The summed E-state index contributed by atoms with van der Waals surface area (Å²) in [4.78, 5) is 0. The zero-order chi connectivity index (χ0) is 16.0. The lowest BCUT2D eigenvalue weighted by molar-refractivity contribution is 0.222. The average Bonchev–Trinajstić information content (AvgIpc) is 2.39. The number of nitrogens with one attached hydrogen (secondary N) is 1. The predicted molar refractivity (Wildman–Crippen MR) is 90.4 cm³/mol. The van der Waals surface area contributed by atoms with E-state index in [1.165, 1.54) is 6.07 Å². The van der Waals surface area contributed by atoms with Crippen molar-refractivity contribution in [3.05, 3.63) is 34.6 Å². The minimum atomic E-state index is -0.215. The van der Waals surface area contributed by atoms with Gasteiger partial charge in [-0.2, -0.15) is 0 Å². The molecule has 1 aromatic rings. The third kappa shape index (κ3) is 6.36. The van der Waals surface area contributed by atoms with Crippen molar-refractivity contribution in [1.29, 1.82) is 0 Å². The molecule has 0 aliphatic rings. The smallest absolute Gasteiger partial charge is 0.123 e. The van der Waals surface area contributed by atoms with Crippen molar-refractivity contribution in [2.24, 2.45) is 11.3 Å². The Hall–Kier alpha value is -0.600. The topological polar surface area (TPSA) is 12.0 Å². The minimum Gasteiger partial charge on any atom is -0.314 e. The second-order valence-electron chi connectivity index (χ2n) is 7.09. The van der Waals surface area contributed by atoms with Crippen LogP contribution in [0.15, 0.2) is 18.2 Å². The van der Waals surface area contributed by atoms with Crippen LogP contribution in [0, 0.1) is 17.2 Å². The predicted octanol–water partition coefficient (Wildman–Crippen LogP) is 5.46. The minimum absolute atomic E-state index is 0.215. The molecule has 0 aliphatic heterocycles. The number of rotatable bonds is 7. The monoisotopic (exact) mass is 313 g/mol. The van der Waals surface area contributed by atoms with E-state index in [1.54, 1.807) is 12.1 Å². The van der Waals surface area contributed by atoms with Crippen molar-refractivity contribution in [3.63, 3.8) is 0 Å². The lowest BCUT2D eigenvalue weighted by Crippen LogP contribution is -2.36. The van der Waals surface area contributed by atoms with Crippen LogP contribution >= 0.6 is 11.6 Å². The molecule has 0 bridgehead atoms. The maximum atomic E-state index is 13.4. The van der Waals surface area contributed by atoms with Crippen LogP contribution < -0.4 is 5.32 Å². The van der Waals surface area contributed by atoms with Gasteiger partial charge in [0.2, 0.25) is 0 Å². The van der Waals surface area contributed by atoms with Gasteiger partial charge in [-0.05, 0) is 60.9 Å². The Morgan fingerprint density at radius 2 is 1.95 bits per heavy atom. The zero-order valence-corrected chi connectivity index (χ0v) is 14.7. The van der Waals surface area contributed by atoms with Crippen LogP contribution in [0.1, 0.15) is 53.0 Å². The van der Waals surface area contributed by atoms with Crippen molar-refractivity contribution in [2.45, 2.75) is 59.9 Å². The van der Waals surface area contributed by atoms with E-state index in [0.29, 0.717) is 17.0 Å². The van der Waals surface area contributed by atoms with Gasteiger partial charge in [0.25, 0.3) is 0 Å². The van der Waals surface area contributed by atoms with E-state index in [-0.39, 0.29) is 11.2 Å². The van der Waals surface area contributed by atoms with Crippen LogP contribution in [0.25, 0.3) is 0 Å². The van der Waals surface area contributed by atoms with Crippen LogP contribution in [0.5, 0.6) is 0 Å². The van der Waals surface area contributed by atoms with Gasteiger partial charge >= 0.3 is 0 Å². The largest absolute Gasteiger partial charge is 0.314 e. The summed E-state index contributed by atoms with van der Waals surface area (Å²) in [6.45, 7) is 12.2. The molecule has 21 heavy (non-hydrogen) atoms. The molecule has 0 amide bonds.